The Kier molecular flexibility index (Phi) is 6.77. The number of hydrogen-bond donors (Lipinski definition) is 1. The van der Waals surface area contributed by atoms with Crippen molar-refractivity contribution in [2.45, 2.75) is 32.6 Å². The Balaban J connectivity index is 1.62. The van der Waals surface area contributed by atoms with Gasteiger partial charge in [-0.25, -0.2) is 0 Å². The molecule has 0 spiro atoms. The predicted molar refractivity (Wildman–Crippen MR) is 93.9 cm³/mol. The molecule has 0 saturated heterocycles. The largest absolute Gasteiger partial charge is 0.399 e. The molecule has 0 fully saturated rings. The number of likely N-dealkylation sites (N-methyl/N-ethyl adjacent to an activating group) is 1. The van der Waals surface area contributed by atoms with E-state index in [-0.39, 0.29) is 0 Å². The number of thiophene rings is 1. The highest BCUT2D eigenvalue weighted by molar-refractivity contribution is 7.07. The monoisotopic (exact) mass is 302 g/mol. The Labute approximate surface area is 132 Å². The summed E-state index contributed by atoms with van der Waals surface area (Å²) in [6.45, 7) is 5.78. The van der Waals surface area contributed by atoms with Crippen LogP contribution in [0.4, 0.5) is 5.69 Å². The fourth-order valence-corrected chi connectivity index (χ4v) is 3.20. The maximum Gasteiger partial charge on any atom is 0.0314 e. The lowest BCUT2D eigenvalue weighted by Crippen LogP contribution is -2.27. The van der Waals surface area contributed by atoms with Crippen molar-refractivity contribution >= 4 is 17.0 Å². The number of rotatable bonds is 9. The third kappa shape index (κ3) is 5.90. The molecule has 2 aromatic rings. The summed E-state index contributed by atoms with van der Waals surface area (Å²) in [7, 11) is 0. The van der Waals surface area contributed by atoms with E-state index in [2.05, 4.69) is 40.8 Å². The zero-order valence-corrected chi connectivity index (χ0v) is 13.7. The SMILES string of the molecule is CCN(CCCCc1ccc(N)cc1)CCc1ccsc1. The first-order valence-corrected chi connectivity index (χ1v) is 8.80. The minimum absolute atomic E-state index is 0.851. The number of benzene rings is 1. The predicted octanol–water partition coefficient (Wildman–Crippen LogP) is 4.22. The van der Waals surface area contributed by atoms with E-state index in [0.29, 0.717) is 0 Å². The lowest BCUT2D eigenvalue weighted by atomic mass is 10.1. The van der Waals surface area contributed by atoms with Gasteiger partial charge < -0.3 is 10.6 Å². The molecule has 0 aliphatic heterocycles. The number of nitrogens with two attached hydrogens (primary N) is 1. The highest BCUT2D eigenvalue weighted by atomic mass is 32.1. The maximum absolute atomic E-state index is 5.71. The number of aryl methyl sites for hydroxylation is 1. The Bertz CT molecular complexity index is 490. The molecule has 0 bridgehead atoms. The molecule has 2 rings (SSSR count). The molecule has 1 heterocycles. The fraction of sp³-hybridized carbons (Fsp3) is 0.444. The fourth-order valence-electron chi connectivity index (χ4n) is 2.50. The maximum atomic E-state index is 5.71. The molecule has 0 radical (unpaired) electrons. The van der Waals surface area contributed by atoms with Crippen LogP contribution in [0.2, 0.25) is 0 Å². The van der Waals surface area contributed by atoms with Crippen LogP contribution in [0.15, 0.2) is 41.1 Å². The second kappa shape index (κ2) is 8.85. The third-order valence-electron chi connectivity index (χ3n) is 3.91. The normalized spacial score (nSPS) is 11.1. The molecule has 3 heteroatoms. The van der Waals surface area contributed by atoms with Crippen LogP contribution < -0.4 is 5.73 Å². The molecule has 0 amide bonds. The average molecular weight is 302 g/mol. The lowest BCUT2D eigenvalue weighted by molar-refractivity contribution is 0.285. The van der Waals surface area contributed by atoms with Crippen molar-refractivity contribution in [1.82, 2.24) is 4.90 Å². The van der Waals surface area contributed by atoms with E-state index in [1.807, 2.05) is 12.1 Å². The van der Waals surface area contributed by atoms with Gasteiger partial charge >= 0.3 is 0 Å². The molecule has 0 saturated carbocycles. The first-order chi connectivity index (χ1) is 10.3. The van der Waals surface area contributed by atoms with E-state index in [4.69, 9.17) is 5.73 Å². The van der Waals surface area contributed by atoms with Crippen LogP contribution in [-0.4, -0.2) is 24.5 Å². The van der Waals surface area contributed by atoms with Crippen LogP contribution in [0.1, 0.15) is 30.9 Å². The molecular weight excluding hydrogens is 276 g/mol. The summed E-state index contributed by atoms with van der Waals surface area (Å²) in [6, 6.07) is 10.5. The van der Waals surface area contributed by atoms with Gasteiger partial charge in [0.1, 0.15) is 0 Å². The Morgan fingerprint density at radius 2 is 1.76 bits per heavy atom. The van der Waals surface area contributed by atoms with E-state index in [1.54, 1.807) is 11.3 Å². The third-order valence-corrected chi connectivity index (χ3v) is 4.65. The highest BCUT2D eigenvalue weighted by Gasteiger charge is 2.03. The summed E-state index contributed by atoms with van der Waals surface area (Å²) in [4.78, 5) is 2.56. The first-order valence-electron chi connectivity index (χ1n) is 7.86. The summed E-state index contributed by atoms with van der Waals surface area (Å²) in [6.07, 6.45) is 4.85. The van der Waals surface area contributed by atoms with Crippen LogP contribution in [0.25, 0.3) is 0 Å². The van der Waals surface area contributed by atoms with E-state index in [1.165, 1.54) is 43.5 Å². The number of nitrogen functional groups attached to an aromatic ring is 1. The molecule has 0 unspecified atom stereocenters. The van der Waals surface area contributed by atoms with Crippen molar-refractivity contribution < 1.29 is 0 Å². The summed E-state index contributed by atoms with van der Waals surface area (Å²) < 4.78 is 0. The van der Waals surface area contributed by atoms with Crippen molar-refractivity contribution in [2.24, 2.45) is 0 Å². The minimum atomic E-state index is 0.851. The Morgan fingerprint density at radius 3 is 2.43 bits per heavy atom. The van der Waals surface area contributed by atoms with E-state index in [9.17, 15) is 0 Å². The zero-order valence-electron chi connectivity index (χ0n) is 12.9. The standard InChI is InChI=1S/C18H26N2S/c1-2-20(13-10-17-11-14-21-15-17)12-4-3-5-16-6-8-18(19)9-7-16/h6-9,11,14-15H,2-5,10,12-13,19H2,1H3. The second-order valence-electron chi connectivity index (χ2n) is 5.51. The summed E-state index contributed by atoms with van der Waals surface area (Å²) >= 11 is 1.79. The van der Waals surface area contributed by atoms with Crippen molar-refractivity contribution in [3.8, 4) is 0 Å². The molecule has 114 valence electrons. The van der Waals surface area contributed by atoms with Crippen LogP contribution in [0.3, 0.4) is 0 Å². The van der Waals surface area contributed by atoms with Gasteiger partial charge in [0.2, 0.25) is 0 Å². The van der Waals surface area contributed by atoms with Gasteiger partial charge in [-0.1, -0.05) is 19.1 Å². The number of nitrogens with zero attached hydrogens (tertiary/aromatic N) is 1. The van der Waals surface area contributed by atoms with Gasteiger partial charge in [0.15, 0.2) is 0 Å². The van der Waals surface area contributed by atoms with Crippen LogP contribution in [0, 0.1) is 0 Å². The van der Waals surface area contributed by atoms with Crippen LogP contribution in [0.5, 0.6) is 0 Å². The zero-order chi connectivity index (χ0) is 14.9. The van der Waals surface area contributed by atoms with E-state index in [0.717, 1.165) is 18.7 Å². The molecule has 0 aliphatic rings. The molecule has 1 aromatic heterocycles. The van der Waals surface area contributed by atoms with Gasteiger partial charge in [0.05, 0.1) is 0 Å². The topological polar surface area (TPSA) is 29.3 Å². The van der Waals surface area contributed by atoms with Gasteiger partial charge in [0, 0.05) is 12.2 Å². The Morgan fingerprint density at radius 1 is 0.952 bits per heavy atom. The lowest BCUT2D eigenvalue weighted by Gasteiger charge is -2.20. The van der Waals surface area contributed by atoms with Crippen molar-refractivity contribution in [2.75, 3.05) is 25.4 Å². The van der Waals surface area contributed by atoms with Crippen LogP contribution in [-0.2, 0) is 12.8 Å². The van der Waals surface area contributed by atoms with E-state index < -0.39 is 0 Å². The Hall–Kier alpha value is -1.32. The summed E-state index contributed by atoms with van der Waals surface area (Å²) in [5, 5.41) is 4.42. The molecule has 0 atom stereocenters. The van der Waals surface area contributed by atoms with Crippen molar-refractivity contribution in [3.05, 3.63) is 52.2 Å². The average Bonchev–Trinajstić information content (AvgIpc) is 3.02. The van der Waals surface area contributed by atoms with Gasteiger partial charge in [-0.05, 0) is 78.9 Å². The smallest absolute Gasteiger partial charge is 0.0314 e. The molecule has 0 aliphatic carbocycles. The van der Waals surface area contributed by atoms with Crippen molar-refractivity contribution in [1.29, 1.82) is 0 Å². The number of anilines is 1. The van der Waals surface area contributed by atoms with Gasteiger partial charge in [-0.15, -0.1) is 0 Å². The number of unbranched alkanes of at least 4 members (excludes halogenated alkanes) is 1. The van der Waals surface area contributed by atoms with E-state index >= 15 is 0 Å². The van der Waals surface area contributed by atoms with Gasteiger partial charge in [-0.2, -0.15) is 11.3 Å². The van der Waals surface area contributed by atoms with Crippen LogP contribution >= 0.6 is 11.3 Å². The number of hydrogen-bond acceptors (Lipinski definition) is 3. The minimum Gasteiger partial charge on any atom is -0.399 e. The second-order valence-corrected chi connectivity index (χ2v) is 6.29. The summed E-state index contributed by atoms with van der Waals surface area (Å²) in [5.74, 6) is 0. The van der Waals surface area contributed by atoms with Gasteiger partial charge in [-0.3, -0.25) is 0 Å². The molecule has 1 aromatic carbocycles. The van der Waals surface area contributed by atoms with Gasteiger partial charge in [0.25, 0.3) is 0 Å². The molecular formula is C18H26N2S. The molecule has 21 heavy (non-hydrogen) atoms. The molecule has 2 N–H and O–H groups in total. The quantitative estimate of drug-likeness (QED) is 0.555. The summed E-state index contributed by atoms with van der Waals surface area (Å²) in [5.41, 5.74) is 9.42. The van der Waals surface area contributed by atoms with Crippen molar-refractivity contribution in [3.63, 3.8) is 0 Å². The first kappa shape index (κ1) is 16.1. The molecule has 2 nitrogen and oxygen atoms in total. The highest BCUT2D eigenvalue weighted by Crippen LogP contribution is 2.10.